The second-order valence-electron chi connectivity index (χ2n) is 6.85. The molecule has 0 spiro atoms. The molecular formula is C22H26ClFN2O4. The number of amides is 1. The Labute approximate surface area is 180 Å². The lowest BCUT2D eigenvalue weighted by Gasteiger charge is -2.35. The first-order chi connectivity index (χ1) is 14.5. The van der Waals surface area contributed by atoms with E-state index < -0.39 is 0 Å². The highest BCUT2D eigenvalue weighted by Gasteiger charge is 2.24. The molecule has 0 radical (unpaired) electrons. The molecule has 0 aromatic heterocycles. The minimum absolute atomic E-state index is 0.0986. The second kappa shape index (κ2) is 10.6. The van der Waals surface area contributed by atoms with Crippen LogP contribution in [0.4, 0.5) is 4.39 Å². The Balaban J connectivity index is 1.77. The lowest BCUT2D eigenvalue weighted by atomic mass is 10.0. The summed E-state index contributed by atoms with van der Waals surface area (Å²) in [5.41, 5.74) is 1.31. The third-order valence-electron chi connectivity index (χ3n) is 4.98. The second-order valence-corrected chi connectivity index (χ2v) is 7.26. The topological polar surface area (TPSA) is 60.0 Å². The van der Waals surface area contributed by atoms with E-state index >= 15 is 0 Å². The Hall–Kier alpha value is -2.35. The summed E-state index contributed by atoms with van der Waals surface area (Å²) in [6.07, 6.45) is 0. The molecule has 1 unspecified atom stereocenters. The van der Waals surface area contributed by atoms with Crippen molar-refractivity contribution in [3.05, 3.63) is 58.4 Å². The van der Waals surface area contributed by atoms with Crippen molar-refractivity contribution < 1.29 is 23.4 Å². The molecule has 1 atom stereocenters. The summed E-state index contributed by atoms with van der Waals surface area (Å²) in [5.74, 6) is 0.242. The first-order valence-corrected chi connectivity index (χ1v) is 10.3. The Morgan fingerprint density at radius 1 is 1.27 bits per heavy atom. The predicted octanol–water partition coefficient (Wildman–Crippen LogP) is 3.69. The standard InChI is InChI=1S/C22H26ClFN2O4/c1-3-30-21-18(23)12-16(13-20(21)28-2)22(27)25-14-19(26-8-10-29-11-9-26)15-4-6-17(24)7-5-15/h4-7,12-13,19H,3,8-11,14H2,1-2H3,(H,25,27). The van der Waals surface area contributed by atoms with Crippen LogP contribution in [-0.2, 0) is 4.74 Å². The van der Waals surface area contributed by atoms with Crippen LogP contribution in [0.1, 0.15) is 28.9 Å². The average molecular weight is 437 g/mol. The molecule has 2 aromatic rings. The van der Waals surface area contributed by atoms with Crippen molar-refractivity contribution >= 4 is 17.5 Å². The quantitative estimate of drug-likeness (QED) is 0.684. The van der Waals surface area contributed by atoms with Gasteiger partial charge >= 0.3 is 0 Å². The predicted molar refractivity (Wildman–Crippen MR) is 113 cm³/mol. The van der Waals surface area contributed by atoms with Crippen LogP contribution < -0.4 is 14.8 Å². The number of morpholine rings is 1. The molecule has 30 heavy (non-hydrogen) atoms. The number of hydrogen-bond acceptors (Lipinski definition) is 5. The molecule has 1 aliphatic heterocycles. The zero-order valence-corrected chi connectivity index (χ0v) is 17.9. The van der Waals surface area contributed by atoms with E-state index in [1.165, 1.54) is 19.2 Å². The smallest absolute Gasteiger partial charge is 0.251 e. The fourth-order valence-electron chi connectivity index (χ4n) is 3.46. The Morgan fingerprint density at radius 3 is 2.60 bits per heavy atom. The van der Waals surface area contributed by atoms with Gasteiger partial charge in [-0.05, 0) is 36.8 Å². The highest BCUT2D eigenvalue weighted by molar-refractivity contribution is 6.32. The molecule has 0 bridgehead atoms. The maximum Gasteiger partial charge on any atom is 0.251 e. The number of halogens is 2. The van der Waals surface area contributed by atoms with Crippen molar-refractivity contribution in [3.63, 3.8) is 0 Å². The van der Waals surface area contributed by atoms with Gasteiger partial charge in [0.1, 0.15) is 5.82 Å². The van der Waals surface area contributed by atoms with Gasteiger partial charge in [-0.1, -0.05) is 23.7 Å². The molecule has 8 heteroatoms. The van der Waals surface area contributed by atoms with E-state index in [1.54, 1.807) is 24.3 Å². The molecule has 3 rings (SSSR count). The molecule has 1 N–H and O–H groups in total. The first kappa shape index (κ1) is 22.3. The van der Waals surface area contributed by atoms with Gasteiger partial charge in [-0.3, -0.25) is 9.69 Å². The van der Waals surface area contributed by atoms with Gasteiger partial charge in [-0.25, -0.2) is 4.39 Å². The molecule has 1 saturated heterocycles. The zero-order chi connectivity index (χ0) is 21.5. The first-order valence-electron chi connectivity index (χ1n) is 9.89. The highest BCUT2D eigenvalue weighted by Crippen LogP contribution is 2.36. The van der Waals surface area contributed by atoms with Gasteiger partial charge in [-0.15, -0.1) is 0 Å². The highest BCUT2D eigenvalue weighted by atomic mass is 35.5. The number of nitrogens with zero attached hydrogens (tertiary/aromatic N) is 1. The summed E-state index contributed by atoms with van der Waals surface area (Å²) in [7, 11) is 1.50. The number of rotatable bonds is 8. The van der Waals surface area contributed by atoms with E-state index in [9.17, 15) is 9.18 Å². The average Bonchev–Trinajstić information content (AvgIpc) is 2.77. The van der Waals surface area contributed by atoms with Gasteiger partial charge in [-0.2, -0.15) is 0 Å². The molecule has 0 aliphatic carbocycles. The normalized spacial score (nSPS) is 15.5. The third kappa shape index (κ3) is 5.41. The van der Waals surface area contributed by atoms with Crippen molar-refractivity contribution in [2.45, 2.75) is 13.0 Å². The molecule has 162 valence electrons. The van der Waals surface area contributed by atoms with Crippen LogP contribution in [0.2, 0.25) is 5.02 Å². The Kier molecular flexibility index (Phi) is 7.90. The summed E-state index contributed by atoms with van der Waals surface area (Å²) >= 11 is 6.29. The van der Waals surface area contributed by atoms with Crippen LogP contribution in [-0.4, -0.2) is 57.4 Å². The molecule has 1 heterocycles. The van der Waals surface area contributed by atoms with Crippen molar-refractivity contribution in [3.8, 4) is 11.5 Å². The van der Waals surface area contributed by atoms with Crippen molar-refractivity contribution in [2.24, 2.45) is 0 Å². The molecular weight excluding hydrogens is 411 g/mol. The molecule has 1 amide bonds. The lowest BCUT2D eigenvalue weighted by molar-refractivity contribution is 0.0162. The Morgan fingerprint density at radius 2 is 1.97 bits per heavy atom. The van der Waals surface area contributed by atoms with E-state index in [1.807, 2.05) is 6.92 Å². The van der Waals surface area contributed by atoms with Crippen LogP contribution in [0.15, 0.2) is 36.4 Å². The molecule has 1 aliphatic rings. The molecule has 2 aromatic carbocycles. The van der Waals surface area contributed by atoms with E-state index in [2.05, 4.69) is 10.2 Å². The van der Waals surface area contributed by atoms with Gasteiger partial charge in [0, 0.05) is 25.2 Å². The number of hydrogen-bond donors (Lipinski definition) is 1. The minimum atomic E-state index is -0.292. The third-order valence-corrected chi connectivity index (χ3v) is 5.26. The number of nitrogens with one attached hydrogen (secondary N) is 1. The van der Waals surface area contributed by atoms with Gasteiger partial charge in [0.05, 0.1) is 38.0 Å². The van der Waals surface area contributed by atoms with Crippen molar-refractivity contribution in [1.82, 2.24) is 10.2 Å². The number of carbonyl (C=O) groups is 1. The number of benzene rings is 2. The summed E-state index contributed by atoms with van der Waals surface area (Å²) in [6.45, 7) is 5.35. The summed E-state index contributed by atoms with van der Waals surface area (Å²) in [5, 5.41) is 3.28. The van der Waals surface area contributed by atoms with Gasteiger partial charge < -0.3 is 19.5 Å². The van der Waals surface area contributed by atoms with Crippen molar-refractivity contribution in [2.75, 3.05) is 46.6 Å². The van der Waals surface area contributed by atoms with Gasteiger partial charge in [0.2, 0.25) is 0 Å². The number of carbonyl (C=O) groups excluding carboxylic acids is 1. The molecule has 6 nitrogen and oxygen atoms in total. The van der Waals surface area contributed by atoms with E-state index in [0.29, 0.717) is 48.5 Å². The fourth-order valence-corrected chi connectivity index (χ4v) is 3.72. The van der Waals surface area contributed by atoms with Crippen LogP contribution in [0, 0.1) is 5.82 Å². The summed E-state index contributed by atoms with van der Waals surface area (Å²) in [6, 6.07) is 9.43. The SMILES string of the molecule is CCOc1c(Cl)cc(C(=O)NCC(c2ccc(F)cc2)N2CCOCC2)cc1OC. The minimum Gasteiger partial charge on any atom is -0.493 e. The largest absolute Gasteiger partial charge is 0.493 e. The van der Waals surface area contributed by atoms with Crippen LogP contribution in [0.25, 0.3) is 0 Å². The fraction of sp³-hybridized carbons (Fsp3) is 0.409. The zero-order valence-electron chi connectivity index (χ0n) is 17.1. The number of ether oxygens (including phenoxy) is 3. The van der Waals surface area contributed by atoms with Crippen LogP contribution >= 0.6 is 11.6 Å². The molecule has 1 fully saturated rings. The van der Waals surface area contributed by atoms with Gasteiger partial charge in [0.25, 0.3) is 5.91 Å². The molecule has 0 saturated carbocycles. The van der Waals surface area contributed by atoms with Crippen LogP contribution in [0.3, 0.4) is 0 Å². The maximum absolute atomic E-state index is 13.4. The summed E-state index contributed by atoms with van der Waals surface area (Å²) in [4.78, 5) is 15.1. The van der Waals surface area contributed by atoms with E-state index in [4.69, 9.17) is 25.8 Å². The van der Waals surface area contributed by atoms with E-state index in [0.717, 1.165) is 18.7 Å². The number of methoxy groups -OCH3 is 1. The lowest BCUT2D eigenvalue weighted by Crippen LogP contribution is -2.43. The maximum atomic E-state index is 13.4. The van der Waals surface area contributed by atoms with E-state index in [-0.39, 0.29) is 17.8 Å². The van der Waals surface area contributed by atoms with Crippen LogP contribution in [0.5, 0.6) is 11.5 Å². The summed E-state index contributed by atoms with van der Waals surface area (Å²) < 4.78 is 29.7. The van der Waals surface area contributed by atoms with Crippen molar-refractivity contribution in [1.29, 1.82) is 0 Å². The monoisotopic (exact) mass is 436 g/mol. The Bertz CT molecular complexity index is 857. The van der Waals surface area contributed by atoms with Gasteiger partial charge in [0.15, 0.2) is 11.5 Å².